The largest absolute Gasteiger partial charge is 0.493 e. The van der Waals surface area contributed by atoms with E-state index in [1.54, 1.807) is 29.9 Å². The van der Waals surface area contributed by atoms with E-state index >= 15 is 0 Å². The van der Waals surface area contributed by atoms with E-state index in [1.165, 1.54) is 0 Å². The molecule has 11 nitrogen and oxygen atoms in total. The second-order valence-corrected chi connectivity index (χ2v) is 14.2. The number of hydrogen-bond acceptors (Lipinski definition) is 9. The van der Waals surface area contributed by atoms with Crippen molar-refractivity contribution < 1.29 is 19.0 Å². The van der Waals surface area contributed by atoms with Crippen molar-refractivity contribution in [3.63, 3.8) is 0 Å². The number of pyridine rings is 2. The van der Waals surface area contributed by atoms with Gasteiger partial charge in [0.05, 0.1) is 36.7 Å². The highest BCUT2D eigenvalue weighted by molar-refractivity contribution is 5.92. The van der Waals surface area contributed by atoms with E-state index in [9.17, 15) is 9.59 Å². The number of nitrogens with zero attached hydrogens (tertiary/aromatic N) is 6. The number of amides is 1. The molecule has 2 fully saturated rings. The zero-order valence-corrected chi connectivity index (χ0v) is 29.5. The van der Waals surface area contributed by atoms with Gasteiger partial charge in [-0.3, -0.25) is 4.98 Å². The summed E-state index contributed by atoms with van der Waals surface area (Å²) in [5, 5.41) is 0.776. The molecule has 1 atom stereocenters. The molecule has 0 bridgehead atoms. The molecule has 1 aromatic carbocycles. The quantitative estimate of drug-likeness (QED) is 0.217. The van der Waals surface area contributed by atoms with Crippen LogP contribution in [0.5, 0.6) is 11.5 Å². The molecule has 2 aliphatic rings. The Morgan fingerprint density at radius 3 is 2.42 bits per heavy atom. The summed E-state index contributed by atoms with van der Waals surface area (Å²) in [7, 11) is 3.25. The maximum Gasteiger partial charge on any atom is 0.410 e. The van der Waals surface area contributed by atoms with Crippen molar-refractivity contribution in [2.45, 2.75) is 84.8 Å². The third-order valence-electron chi connectivity index (χ3n) is 9.03. The molecule has 6 rings (SSSR count). The number of carbonyl (C=O) groups excluding carboxylic acids is 1. The van der Waals surface area contributed by atoms with Crippen LogP contribution in [0.15, 0.2) is 41.3 Å². The number of carbonyl (C=O) groups is 1. The summed E-state index contributed by atoms with van der Waals surface area (Å²) >= 11 is 0. The first-order chi connectivity index (χ1) is 22.8. The SMILES string of the molecule is COc1cccc(-c2nc3c(cc2C2CC2)c(N2CCN(C(=O)OC(C)(C)C)C[C@@H]2C)nc(=O)n3-c2c(C)ccnc2C(C)C)c1OC. The maximum absolute atomic E-state index is 14.4. The fraction of sp³-hybridized carbons (Fsp3) is 0.486. The molecule has 0 spiro atoms. The average molecular weight is 655 g/mol. The number of fused-ring (bicyclic) bond motifs is 1. The van der Waals surface area contributed by atoms with Crippen molar-refractivity contribution in [2.24, 2.45) is 0 Å². The molecule has 1 saturated carbocycles. The molecule has 0 radical (unpaired) electrons. The van der Waals surface area contributed by atoms with Crippen molar-refractivity contribution >= 4 is 22.9 Å². The average Bonchev–Trinajstić information content (AvgIpc) is 3.88. The molecule has 4 aromatic rings. The molecule has 0 unspecified atom stereocenters. The normalized spacial score (nSPS) is 16.8. The van der Waals surface area contributed by atoms with Crippen molar-refractivity contribution in [2.75, 3.05) is 38.8 Å². The standard InChI is InChI=1S/C37H46N6O5/c1-21(2)29-31(22(3)15-16-38-29)43-34-27(19-26(24-13-14-24)30(39-34)25-11-10-12-28(46-8)32(25)47-9)33(40-35(43)44)42-18-17-41(20-23(42)4)36(45)48-37(5,6)7/h10-12,15-16,19,21,23-24H,13-14,17-18,20H2,1-9H3/t23-/m0/s1. The summed E-state index contributed by atoms with van der Waals surface area (Å²) in [6.07, 6.45) is 3.52. The van der Waals surface area contributed by atoms with E-state index < -0.39 is 11.3 Å². The van der Waals surface area contributed by atoms with Gasteiger partial charge in [-0.15, -0.1) is 0 Å². The van der Waals surface area contributed by atoms with Crippen molar-refractivity contribution in [3.8, 4) is 28.4 Å². The van der Waals surface area contributed by atoms with Crippen molar-refractivity contribution in [3.05, 3.63) is 63.8 Å². The van der Waals surface area contributed by atoms with Gasteiger partial charge in [0, 0.05) is 37.4 Å². The van der Waals surface area contributed by atoms with E-state index in [-0.39, 0.29) is 18.1 Å². The Balaban J connectivity index is 1.61. The number of aryl methyl sites for hydroxylation is 1. The monoisotopic (exact) mass is 654 g/mol. The molecule has 0 N–H and O–H groups in total. The number of anilines is 1. The smallest absolute Gasteiger partial charge is 0.410 e. The topological polar surface area (TPSA) is 112 Å². The van der Waals surface area contributed by atoms with Gasteiger partial charge in [0.2, 0.25) is 0 Å². The molecule has 1 amide bonds. The van der Waals surface area contributed by atoms with Crippen LogP contribution in [-0.4, -0.2) is 76.0 Å². The van der Waals surface area contributed by atoms with E-state index in [0.717, 1.165) is 46.3 Å². The van der Waals surface area contributed by atoms with Crippen LogP contribution in [0.4, 0.5) is 10.6 Å². The van der Waals surface area contributed by atoms with E-state index in [1.807, 2.05) is 58.9 Å². The summed E-state index contributed by atoms with van der Waals surface area (Å²) in [6.45, 7) is 15.1. The highest BCUT2D eigenvalue weighted by Gasteiger charge is 2.35. The lowest BCUT2D eigenvalue weighted by Crippen LogP contribution is -2.55. The molecule has 11 heteroatoms. The first-order valence-corrected chi connectivity index (χ1v) is 16.7. The van der Waals surface area contributed by atoms with Gasteiger partial charge in [-0.2, -0.15) is 4.98 Å². The first-order valence-electron chi connectivity index (χ1n) is 16.7. The summed E-state index contributed by atoms with van der Waals surface area (Å²) in [5.41, 5.74) is 4.48. The molecule has 254 valence electrons. The van der Waals surface area contributed by atoms with Gasteiger partial charge in [0.15, 0.2) is 17.1 Å². The Bertz CT molecular complexity index is 1930. The van der Waals surface area contributed by atoms with Gasteiger partial charge in [-0.1, -0.05) is 19.9 Å². The molecule has 1 aliphatic heterocycles. The van der Waals surface area contributed by atoms with Crippen LogP contribution in [-0.2, 0) is 4.74 Å². The maximum atomic E-state index is 14.4. The van der Waals surface area contributed by atoms with Gasteiger partial charge >= 0.3 is 11.8 Å². The zero-order valence-electron chi connectivity index (χ0n) is 29.5. The van der Waals surface area contributed by atoms with E-state index in [4.69, 9.17) is 29.2 Å². The fourth-order valence-corrected chi connectivity index (χ4v) is 6.61. The molecule has 3 aromatic heterocycles. The van der Waals surface area contributed by atoms with Crippen molar-refractivity contribution in [1.82, 2.24) is 24.4 Å². The third-order valence-corrected chi connectivity index (χ3v) is 9.03. The summed E-state index contributed by atoms with van der Waals surface area (Å²) in [6, 6.07) is 9.73. The number of ether oxygens (including phenoxy) is 3. The predicted molar refractivity (Wildman–Crippen MR) is 187 cm³/mol. The highest BCUT2D eigenvalue weighted by atomic mass is 16.6. The predicted octanol–water partition coefficient (Wildman–Crippen LogP) is 6.61. The molecule has 1 aliphatic carbocycles. The van der Waals surface area contributed by atoms with Gasteiger partial charge in [-0.25, -0.2) is 19.1 Å². The van der Waals surface area contributed by atoms with Crippen molar-refractivity contribution in [1.29, 1.82) is 0 Å². The Kier molecular flexibility index (Phi) is 8.82. The number of methoxy groups -OCH3 is 2. The minimum Gasteiger partial charge on any atom is -0.493 e. The number of aromatic nitrogens is 4. The molecule has 1 saturated heterocycles. The Labute approximate surface area is 281 Å². The van der Waals surface area contributed by atoms with Crippen LogP contribution in [0.3, 0.4) is 0 Å². The lowest BCUT2D eigenvalue weighted by molar-refractivity contribution is 0.0218. The van der Waals surface area contributed by atoms with E-state index in [0.29, 0.717) is 54.2 Å². The van der Waals surface area contributed by atoms with Crippen LogP contribution < -0.4 is 20.1 Å². The van der Waals surface area contributed by atoms with Gasteiger partial charge in [0.25, 0.3) is 0 Å². The minimum absolute atomic E-state index is 0.0474. The van der Waals surface area contributed by atoms with Crippen LogP contribution in [0.2, 0.25) is 0 Å². The second kappa shape index (κ2) is 12.7. The lowest BCUT2D eigenvalue weighted by atomic mass is 9.99. The summed E-state index contributed by atoms with van der Waals surface area (Å²) < 4.78 is 18.8. The van der Waals surface area contributed by atoms with Gasteiger partial charge < -0.3 is 24.0 Å². The Morgan fingerprint density at radius 2 is 1.79 bits per heavy atom. The summed E-state index contributed by atoms with van der Waals surface area (Å²) in [4.78, 5) is 46.1. The molecule has 4 heterocycles. The number of piperazine rings is 1. The number of para-hydroxylation sites is 1. The third kappa shape index (κ3) is 6.18. The highest BCUT2D eigenvalue weighted by Crippen LogP contribution is 2.48. The van der Waals surface area contributed by atoms with Gasteiger partial charge in [0.1, 0.15) is 11.4 Å². The Morgan fingerprint density at radius 1 is 1.04 bits per heavy atom. The summed E-state index contributed by atoms with van der Waals surface area (Å²) in [5.74, 6) is 2.12. The second-order valence-electron chi connectivity index (χ2n) is 14.2. The van der Waals surface area contributed by atoms with Gasteiger partial charge in [-0.05, 0) is 94.7 Å². The fourth-order valence-electron chi connectivity index (χ4n) is 6.61. The minimum atomic E-state index is -0.590. The first kappa shape index (κ1) is 33.2. The zero-order chi connectivity index (χ0) is 34.5. The number of hydrogen-bond donors (Lipinski definition) is 0. The van der Waals surface area contributed by atoms with Crippen LogP contribution >= 0.6 is 0 Å². The van der Waals surface area contributed by atoms with E-state index in [2.05, 4.69) is 24.8 Å². The molecule has 48 heavy (non-hydrogen) atoms. The lowest BCUT2D eigenvalue weighted by Gasteiger charge is -2.41. The molecular formula is C37H46N6O5. The molecular weight excluding hydrogens is 608 g/mol. The van der Waals surface area contributed by atoms with Crippen LogP contribution in [0.1, 0.15) is 83.0 Å². The Hall–Kier alpha value is -4.67. The number of benzene rings is 1. The van der Waals surface area contributed by atoms with Crippen LogP contribution in [0, 0.1) is 6.92 Å². The van der Waals surface area contributed by atoms with Crippen LogP contribution in [0.25, 0.3) is 28.0 Å². The number of rotatable bonds is 7.